The van der Waals surface area contributed by atoms with Gasteiger partial charge in [-0.2, -0.15) is 0 Å². The predicted molar refractivity (Wildman–Crippen MR) is 109 cm³/mol. The summed E-state index contributed by atoms with van der Waals surface area (Å²) in [5.74, 6) is 0.554. The van der Waals surface area contributed by atoms with Crippen LogP contribution >= 0.6 is 0 Å². The second kappa shape index (κ2) is 5.19. The highest BCUT2D eigenvalue weighted by molar-refractivity contribution is 6.51. The number of benzene rings is 2. The van der Waals surface area contributed by atoms with E-state index in [1.807, 2.05) is 9.80 Å². The largest absolute Gasteiger partial charge is 0.301 e. The molecule has 0 saturated carbocycles. The molecule has 0 radical (unpaired) electrons. The summed E-state index contributed by atoms with van der Waals surface area (Å²) >= 11 is 0. The van der Waals surface area contributed by atoms with E-state index in [0.29, 0.717) is 0 Å². The van der Waals surface area contributed by atoms with E-state index in [-0.39, 0.29) is 23.3 Å². The van der Waals surface area contributed by atoms with Gasteiger partial charge in [-0.15, -0.1) is 0 Å². The summed E-state index contributed by atoms with van der Waals surface area (Å²) in [5.41, 5.74) is 8.08. The first-order valence-electron chi connectivity index (χ1n) is 9.09. The topological polar surface area (TPSA) is 54.2 Å². The third-order valence-corrected chi connectivity index (χ3v) is 6.18. The van der Waals surface area contributed by atoms with Crippen LogP contribution in [0, 0.1) is 38.5 Å². The fraction of sp³-hybridized carbons (Fsp3) is 0.364. The Bertz CT molecular complexity index is 964. The van der Waals surface area contributed by atoms with Crippen molar-refractivity contribution in [3.8, 4) is 0 Å². The number of anilines is 2. The summed E-state index contributed by atoms with van der Waals surface area (Å²) in [5, 5.41) is 17.3. The van der Waals surface area contributed by atoms with Gasteiger partial charge >= 0.3 is 0 Å². The highest BCUT2D eigenvalue weighted by Gasteiger charge is 2.55. The van der Waals surface area contributed by atoms with Crippen molar-refractivity contribution < 1.29 is 0 Å². The smallest absolute Gasteiger partial charge is 0.170 e. The highest BCUT2D eigenvalue weighted by atomic mass is 15.5. The lowest BCUT2D eigenvalue weighted by Crippen LogP contribution is -2.48. The molecule has 4 heteroatoms. The molecule has 1 unspecified atom stereocenters. The molecular weight excluding hydrogens is 320 g/mol. The molecule has 0 bridgehead atoms. The van der Waals surface area contributed by atoms with Crippen molar-refractivity contribution in [2.45, 2.75) is 53.1 Å². The van der Waals surface area contributed by atoms with E-state index in [1.165, 1.54) is 27.8 Å². The predicted octanol–water partition coefficient (Wildman–Crippen LogP) is 4.82. The molecule has 2 aliphatic heterocycles. The normalized spacial score (nSPS) is 20.6. The molecular formula is C22H26N4. The number of nitrogens with one attached hydrogen (secondary N) is 2. The van der Waals surface area contributed by atoms with Crippen molar-refractivity contribution in [2.24, 2.45) is 0 Å². The van der Waals surface area contributed by atoms with Crippen molar-refractivity contribution in [1.82, 2.24) is 0 Å². The fourth-order valence-corrected chi connectivity index (χ4v) is 4.29. The lowest BCUT2D eigenvalue weighted by Gasteiger charge is -2.35. The number of amidine groups is 2. The first-order chi connectivity index (χ1) is 12.1. The Morgan fingerprint density at radius 1 is 0.769 bits per heavy atom. The average molecular weight is 346 g/mol. The minimum absolute atomic E-state index is 0.0826. The number of aryl methyl sites for hydroxylation is 4. The second-order valence-electron chi connectivity index (χ2n) is 8.25. The van der Waals surface area contributed by atoms with Crippen molar-refractivity contribution in [2.75, 3.05) is 9.80 Å². The minimum atomic E-state index is -0.193. The van der Waals surface area contributed by atoms with Gasteiger partial charge in [-0.3, -0.25) is 10.8 Å². The third kappa shape index (κ3) is 2.02. The maximum Gasteiger partial charge on any atom is 0.170 e. The fourth-order valence-electron chi connectivity index (χ4n) is 4.29. The third-order valence-electron chi connectivity index (χ3n) is 6.18. The van der Waals surface area contributed by atoms with Gasteiger partial charge in [0.1, 0.15) is 6.17 Å². The van der Waals surface area contributed by atoms with Crippen LogP contribution < -0.4 is 9.80 Å². The number of fused-ring (bicyclic) bond motifs is 3. The Hall–Kier alpha value is -2.62. The molecule has 0 amide bonds. The van der Waals surface area contributed by atoms with Crippen molar-refractivity contribution >= 4 is 23.0 Å². The molecule has 1 atom stereocenters. The van der Waals surface area contributed by atoms with Gasteiger partial charge in [-0.1, -0.05) is 26.0 Å². The Kier molecular flexibility index (Phi) is 3.36. The quantitative estimate of drug-likeness (QED) is 0.778. The van der Waals surface area contributed by atoms with Gasteiger partial charge in [0, 0.05) is 16.8 Å². The summed E-state index contributed by atoms with van der Waals surface area (Å²) in [4.78, 5) is 4.07. The van der Waals surface area contributed by atoms with Gasteiger partial charge in [0.25, 0.3) is 0 Å². The van der Waals surface area contributed by atoms with E-state index in [1.54, 1.807) is 0 Å². The molecule has 2 aromatic carbocycles. The standard InChI is InChI=1S/C22H26N4/c1-12-7-8-16(9-13(12)2)25-19(23)20(24)26-18-11-15(4)14(3)10-17(18)22(5,6)21(25)26/h7-11,21,23-24H,1-6H3. The van der Waals surface area contributed by atoms with E-state index in [2.05, 4.69) is 71.9 Å². The van der Waals surface area contributed by atoms with Crippen molar-refractivity contribution in [3.05, 3.63) is 58.1 Å². The zero-order chi connectivity index (χ0) is 19.0. The molecule has 4 nitrogen and oxygen atoms in total. The Morgan fingerprint density at radius 2 is 1.35 bits per heavy atom. The monoisotopic (exact) mass is 346 g/mol. The molecule has 1 saturated heterocycles. The van der Waals surface area contributed by atoms with E-state index < -0.39 is 0 Å². The van der Waals surface area contributed by atoms with E-state index in [0.717, 1.165) is 11.4 Å². The maximum absolute atomic E-state index is 8.65. The zero-order valence-corrected chi connectivity index (χ0v) is 16.4. The molecule has 26 heavy (non-hydrogen) atoms. The van der Waals surface area contributed by atoms with Gasteiger partial charge < -0.3 is 9.80 Å². The molecule has 2 aromatic rings. The number of rotatable bonds is 1. The van der Waals surface area contributed by atoms with Gasteiger partial charge in [0.05, 0.1) is 0 Å². The lowest BCUT2D eigenvalue weighted by molar-refractivity contribution is 0.456. The van der Waals surface area contributed by atoms with E-state index in [4.69, 9.17) is 10.8 Å². The summed E-state index contributed by atoms with van der Waals surface area (Å²) in [6.45, 7) is 12.9. The second-order valence-corrected chi connectivity index (χ2v) is 8.25. The van der Waals surface area contributed by atoms with Crippen molar-refractivity contribution in [1.29, 1.82) is 10.8 Å². The first-order valence-corrected chi connectivity index (χ1v) is 9.09. The SMILES string of the molecule is Cc1ccc(N2C(=N)C(=N)N3c4cc(C)c(C)cc4C(C)(C)C23)cc1C. The van der Waals surface area contributed by atoms with Crippen LogP contribution in [0.2, 0.25) is 0 Å². The average Bonchev–Trinajstić information content (AvgIpc) is 2.96. The Labute approximate surface area is 155 Å². The van der Waals surface area contributed by atoms with Crippen LogP contribution in [-0.2, 0) is 5.41 Å². The molecule has 0 spiro atoms. The Morgan fingerprint density at radius 3 is 2.00 bits per heavy atom. The summed E-state index contributed by atoms with van der Waals surface area (Å²) in [6, 6.07) is 10.8. The van der Waals surface area contributed by atoms with E-state index in [9.17, 15) is 0 Å². The van der Waals surface area contributed by atoms with Gasteiger partial charge in [-0.05, 0) is 73.7 Å². The van der Waals surface area contributed by atoms with Crippen LogP contribution in [0.5, 0.6) is 0 Å². The molecule has 4 rings (SSSR count). The molecule has 2 heterocycles. The van der Waals surface area contributed by atoms with Gasteiger partial charge in [0.15, 0.2) is 11.7 Å². The highest BCUT2D eigenvalue weighted by Crippen LogP contribution is 2.51. The van der Waals surface area contributed by atoms with E-state index >= 15 is 0 Å². The van der Waals surface area contributed by atoms with Crippen LogP contribution in [0.4, 0.5) is 11.4 Å². The van der Waals surface area contributed by atoms with Crippen molar-refractivity contribution in [3.63, 3.8) is 0 Å². The molecule has 0 aliphatic carbocycles. The zero-order valence-electron chi connectivity index (χ0n) is 16.4. The maximum atomic E-state index is 8.65. The molecule has 134 valence electrons. The van der Waals surface area contributed by atoms with Crippen LogP contribution in [-0.4, -0.2) is 17.8 Å². The number of hydrogen-bond acceptors (Lipinski definition) is 2. The molecule has 0 aromatic heterocycles. The molecule has 2 N–H and O–H groups in total. The lowest BCUT2D eigenvalue weighted by atomic mass is 9.82. The van der Waals surface area contributed by atoms with Crippen LogP contribution in [0.1, 0.15) is 41.7 Å². The minimum Gasteiger partial charge on any atom is -0.301 e. The Balaban J connectivity index is 1.92. The number of hydrogen-bond donors (Lipinski definition) is 2. The molecule has 2 aliphatic rings. The number of nitrogens with zero attached hydrogens (tertiary/aromatic N) is 2. The van der Waals surface area contributed by atoms with Crippen LogP contribution in [0.3, 0.4) is 0 Å². The van der Waals surface area contributed by atoms with Gasteiger partial charge in [0.2, 0.25) is 0 Å². The summed E-state index contributed by atoms with van der Waals surface area (Å²) < 4.78 is 0. The van der Waals surface area contributed by atoms with Crippen LogP contribution in [0.25, 0.3) is 0 Å². The van der Waals surface area contributed by atoms with Crippen LogP contribution in [0.15, 0.2) is 30.3 Å². The summed E-state index contributed by atoms with van der Waals surface area (Å²) in [7, 11) is 0. The molecule has 1 fully saturated rings. The van der Waals surface area contributed by atoms with Gasteiger partial charge in [-0.25, -0.2) is 0 Å². The summed E-state index contributed by atoms with van der Waals surface area (Å²) in [6.07, 6.45) is -0.0826. The first kappa shape index (κ1) is 16.8.